The SMILES string of the molecule is O=C(O)[C@@H]1C[C@H]1c1ccc(NCc2cccc(Oc3ccc(Cl)cc3)c2)cc1. The second-order valence-electron chi connectivity index (χ2n) is 6.97. The maximum atomic E-state index is 11.0. The molecule has 0 radical (unpaired) electrons. The zero-order valence-corrected chi connectivity index (χ0v) is 15.9. The van der Waals surface area contributed by atoms with Crippen LogP contribution >= 0.6 is 11.6 Å². The molecular weight excluding hydrogens is 374 g/mol. The number of nitrogens with one attached hydrogen (secondary N) is 1. The zero-order valence-electron chi connectivity index (χ0n) is 15.1. The molecule has 0 heterocycles. The molecular formula is C23H20ClNO3. The molecule has 0 amide bonds. The van der Waals surface area contributed by atoms with Crippen molar-refractivity contribution in [3.05, 3.63) is 88.9 Å². The minimum Gasteiger partial charge on any atom is -0.481 e. The van der Waals surface area contributed by atoms with E-state index in [1.807, 2.05) is 60.7 Å². The summed E-state index contributed by atoms with van der Waals surface area (Å²) >= 11 is 5.90. The van der Waals surface area contributed by atoms with Crippen molar-refractivity contribution in [2.45, 2.75) is 18.9 Å². The summed E-state index contributed by atoms with van der Waals surface area (Å²) in [5.74, 6) is 0.749. The lowest BCUT2D eigenvalue weighted by molar-refractivity contribution is -0.138. The molecule has 0 aliphatic heterocycles. The Hall–Kier alpha value is -2.98. The molecule has 1 aliphatic rings. The van der Waals surface area contributed by atoms with E-state index in [2.05, 4.69) is 5.32 Å². The van der Waals surface area contributed by atoms with Gasteiger partial charge in [-0.05, 0) is 72.0 Å². The van der Waals surface area contributed by atoms with Gasteiger partial charge in [-0.3, -0.25) is 4.79 Å². The molecule has 28 heavy (non-hydrogen) atoms. The van der Waals surface area contributed by atoms with Crippen LogP contribution in [0, 0.1) is 5.92 Å². The van der Waals surface area contributed by atoms with Gasteiger partial charge in [0.2, 0.25) is 0 Å². The first kappa shape index (κ1) is 18.4. The number of carbonyl (C=O) groups is 1. The van der Waals surface area contributed by atoms with Gasteiger partial charge in [0.05, 0.1) is 5.92 Å². The smallest absolute Gasteiger partial charge is 0.307 e. The van der Waals surface area contributed by atoms with Crippen LogP contribution in [0.15, 0.2) is 72.8 Å². The Morgan fingerprint density at radius 1 is 1.04 bits per heavy atom. The molecule has 0 bridgehead atoms. The standard InChI is InChI=1S/C23H20ClNO3/c24-17-6-10-19(11-7-17)28-20-3-1-2-15(12-20)14-25-18-8-4-16(5-9-18)21-13-22(21)23(26)27/h1-12,21-22,25H,13-14H2,(H,26,27)/t21-,22+/m0/s1. The van der Waals surface area contributed by atoms with Gasteiger partial charge in [-0.2, -0.15) is 0 Å². The number of hydrogen-bond acceptors (Lipinski definition) is 3. The molecule has 3 aromatic rings. The number of rotatable bonds is 7. The molecule has 4 nitrogen and oxygen atoms in total. The third-order valence-corrected chi connectivity index (χ3v) is 5.14. The summed E-state index contributed by atoms with van der Waals surface area (Å²) < 4.78 is 5.87. The maximum absolute atomic E-state index is 11.0. The second kappa shape index (κ2) is 7.95. The number of anilines is 1. The molecule has 0 spiro atoms. The van der Waals surface area contributed by atoms with Gasteiger partial charge >= 0.3 is 5.97 Å². The average molecular weight is 394 g/mol. The van der Waals surface area contributed by atoms with Crippen molar-refractivity contribution in [1.82, 2.24) is 0 Å². The topological polar surface area (TPSA) is 58.6 Å². The Morgan fingerprint density at radius 2 is 1.79 bits per heavy atom. The average Bonchev–Trinajstić information content (AvgIpc) is 3.50. The van der Waals surface area contributed by atoms with E-state index in [1.54, 1.807) is 12.1 Å². The highest BCUT2D eigenvalue weighted by molar-refractivity contribution is 6.30. The number of aliphatic carboxylic acids is 1. The summed E-state index contributed by atoms with van der Waals surface area (Å²) in [6.07, 6.45) is 0.739. The first-order chi connectivity index (χ1) is 13.6. The van der Waals surface area contributed by atoms with Crippen molar-refractivity contribution >= 4 is 23.3 Å². The summed E-state index contributed by atoms with van der Waals surface area (Å²) in [4.78, 5) is 11.0. The normalized spacial score (nSPS) is 17.8. The summed E-state index contributed by atoms with van der Waals surface area (Å²) in [5.41, 5.74) is 3.19. The van der Waals surface area contributed by atoms with Gasteiger partial charge in [0.1, 0.15) is 11.5 Å². The largest absolute Gasteiger partial charge is 0.481 e. The highest BCUT2D eigenvalue weighted by Gasteiger charge is 2.43. The Kier molecular flexibility index (Phi) is 5.22. The Bertz CT molecular complexity index is 970. The third kappa shape index (κ3) is 4.46. The molecule has 1 saturated carbocycles. The molecule has 2 atom stereocenters. The number of carboxylic acid groups (broad SMARTS) is 1. The quantitative estimate of drug-likeness (QED) is 0.522. The van der Waals surface area contributed by atoms with Gasteiger partial charge < -0.3 is 15.2 Å². The molecule has 0 saturated heterocycles. The Labute approximate surface area is 168 Å². The molecule has 142 valence electrons. The van der Waals surface area contributed by atoms with E-state index in [4.69, 9.17) is 21.4 Å². The van der Waals surface area contributed by atoms with Crippen LogP contribution in [0.3, 0.4) is 0 Å². The summed E-state index contributed by atoms with van der Waals surface area (Å²) in [6.45, 7) is 0.665. The predicted molar refractivity (Wildman–Crippen MR) is 110 cm³/mol. The van der Waals surface area contributed by atoms with Crippen molar-refractivity contribution in [2.75, 3.05) is 5.32 Å². The molecule has 0 aromatic heterocycles. The molecule has 0 unspecified atom stereocenters. The van der Waals surface area contributed by atoms with Gasteiger partial charge in [-0.15, -0.1) is 0 Å². The first-order valence-electron chi connectivity index (χ1n) is 9.17. The van der Waals surface area contributed by atoms with E-state index in [0.29, 0.717) is 11.6 Å². The van der Waals surface area contributed by atoms with E-state index < -0.39 is 5.97 Å². The fourth-order valence-corrected chi connectivity index (χ4v) is 3.37. The molecule has 1 fully saturated rings. The van der Waals surface area contributed by atoms with Crippen LogP contribution in [-0.4, -0.2) is 11.1 Å². The van der Waals surface area contributed by atoms with Crippen molar-refractivity contribution in [3.63, 3.8) is 0 Å². The van der Waals surface area contributed by atoms with Crippen molar-refractivity contribution in [2.24, 2.45) is 5.92 Å². The van der Waals surface area contributed by atoms with Crippen molar-refractivity contribution in [3.8, 4) is 11.5 Å². The van der Waals surface area contributed by atoms with Crippen LogP contribution in [0.5, 0.6) is 11.5 Å². The van der Waals surface area contributed by atoms with E-state index in [-0.39, 0.29) is 11.8 Å². The van der Waals surface area contributed by atoms with Crippen LogP contribution in [0.4, 0.5) is 5.69 Å². The van der Waals surface area contributed by atoms with Gasteiger partial charge in [-0.25, -0.2) is 0 Å². The van der Waals surface area contributed by atoms with Crippen LogP contribution in [0.25, 0.3) is 0 Å². The summed E-state index contributed by atoms with van der Waals surface area (Å²) in [6, 6.07) is 23.2. The van der Waals surface area contributed by atoms with E-state index >= 15 is 0 Å². The van der Waals surface area contributed by atoms with Gasteiger partial charge in [-0.1, -0.05) is 35.9 Å². The highest BCUT2D eigenvalue weighted by atomic mass is 35.5. The van der Waals surface area contributed by atoms with E-state index in [0.717, 1.165) is 34.7 Å². The van der Waals surface area contributed by atoms with Crippen molar-refractivity contribution in [1.29, 1.82) is 0 Å². The molecule has 2 N–H and O–H groups in total. The summed E-state index contributed by atoms with van der Waals surface area (Å²) in [7, 11) is 0. The van der Waals surface area contributed by atoms with Gasteiger partial charge in [0.25, 0.3) is 0 Å². The number of benzene rings is 3. The van der Waals surface area contributed by atoms with Crippen LogP contribution < -0.4 is 10.1 Å². The molecule has 3 aromatic carbocycles. The van der Waals surface area contributed by atoms with Crippen LogP contribution in [0.2, 0.25) is 5.02 Å². The minimum atomic E-state index is -0.701. The molecule has 1 aliphatic carbocycles. The first-order valence-corrected chi connectivity index (χ1v) is 9.55. The lowest BCUT2D eigenvalue weighted by atomic mass is 10.1. The number of ether oxygens (including phenoxy) is 1. The maximum Gasteiger partial charge on any atom is 0.307 e. The fraction of sp³-hybridized carbons (Fsp3) is 0.174. The number of hydrogen-bond donors (Lipinski definition) is 2. The monoisotopic (exact) mass is 393 g/mol. The van der Waals surface area contributed by atoms with Crippen LogP contribution in [-0.2, 0) is 11.3 Å². The highest BCUT2D eigenvalue weighted by Crippen LogP contribution is 2.47. The summed E-state index contributed by atoms with van der Waals surface area (Å²) in [5, 5.41) is 13.1. The minimum absolute atomic E-state index is 0.160. The predicted octanol–water partition coefficient (Wildman–Crippen LogP) is 5.93. The van der Waals surface area contributed by atoms with E-state index in [1.165, 1.54) is 0 Å². The molecule has 5 heteroatoms. The zero-order chi connectivity index (χ0) is 19.5. The third-order valence-electron chi connectivity index (χ3n) is 4.89. The van der Waals surface area contributed by atoms with Crippen LogP contribution in [0.1, 0.15) is 23.5 Å². The van der Waals surface area contributed by atoms with Gasteiger partial charge in [0.15, 0.2) is 0 Å². The fourth-order valence-electron chi connectivity index (χ4n) is 3.25. The lowest BCUT2D eigenvalue weighted by Crippen LogP contribution is -2.00. The second-order valence-corrected chi connectivity index (χ2v) is 7.40. The Morgan fingerprint density at radius 3 is 2.46 bits per heavy atom. The number of carboxylic acids is 1. The van der Waals surface area contributed by atoms with Gasteiger partial charge in [0, 0.05) is 17.3 Å². The Balaban J connectivity index is 1.34. The lowest BCUT2D eigenvalue weighted by Gasteiger charge is -2.10. The number of halogens is 1. The van der Waals surface area contributed by atoms with E-state index in [9.17, 15) is 4.79 Å². The van der Waals surface area contributed by atoms with Crippen molar-refractivity contribution < 1.29 is 14.6 Å². The molecule has 4 rings (SSSR count).